The van der Waals surface area contributed by atoms with Gasteiger partial charge in [0.1, 0.15) is 5.75 Å². The summed E-state index contributed by atoms with van der Waals surface area (Å²) < 4.78 is 5.30. The van der Waals surface area contributed by atoms with Gasteiger partial charge in [-0.1, -0.05) is 18.2 Å². The number of aliphatic hydroxyl groups is 1. The molecule has 0 radical (unpaired) electrons. The number of hydrogen-bond acceptors (Lipinski definition) is 3. The largest absolute Gasteiger partial charge is 0.496 e. The van der Waals surface area contributed by atoms with E-state index < -0.39 is 0 Å². The number of nitrogens with one attached hydrogen (secondary N) is 1. The van der Waals surface area contributed by atoms with Crippen LogP contribution in [0.2, 0.25) is 0 Å². The number of methoxy groups -OCH3 is 1. The number of amides is 2. The van der Waals surface area contributed by atoms with E-state index in [1.165, 1.54) is 0 Å². The first-order chi connectivity index (χ1) is 10.2. The molecule has 5 nitrogen and oxygen atoms in total. The quantitative estimate of drug-likeness (QED) is 0.867. The molecule has 1 aliphatic heterocycles. The number of urea groups is 1. The van der Waals surface area contributed by atoms with Gasteiger partial charge in [-0.3, -0.25) is 0 Å². The van der Waals surface area contributed by atoms with Gasteiger partial charge in [-0.25, -0.2) is 4.79 Å². The maximum atomic E-state index is 12.1. The summed E-state index contributed by atoms with van der Waals surface area (Å²) in [7, 11) is 1.66. The Kier molecular flexibility index (Phi) is 5.87. The molecular weight excluding hydrogens is 268 g/mol. The van der Waals surface area contributed by atoms with E-state index in [1.54, 1.807) is 7.11 Å². The first kappa shape index (κ1) is 15.6. The highest BCUT2D eigenvalue weighted by molar-refractivity contribution is 5.74. The summed E-state index contributed by atoms with van der Waals surface area (Å²) in [5, 5.41) is 12.1. The second kappa shape index (κ2) is 7.88. The number of para-hydroxylation sites is 1. The summed E-state index contributed by atoms with van der Waals surface area (Å²) in [6.07, 6.45) is 2.52. The molecule has 21 heavy (non-hydrogen) atoms. The molecular formula is C16H24N2O3. The van der Waals surface area contributed by atoms with Gasteiger partial charge in [-0.15, -0.1) is 0 Å². The number of aliphatic hydroxyl groups excluding tert-OH is 1. The topological polar surface area (TPSA) is 61.8 Å². The average Bonchev–Trinajstić information content (AvgIpc) is 2.55. The van der Waals surface area contributed by atoms with Crippen LogP contribution in [0.15, 0.2) is 24.3 Å². The minimum absolute atomic E-state index is 0.0127. The van der Waals surface area contributed by atoms with Gasteiger partial charge in [0.05, 0.1) is 7.11 Å². The van der Waals surface area contributed by atoms with Crippen molar-refractivity contribution >= 4 is 6.03 Å². The molecule has 0 unspecified atom stereocenters. The fraction of sp³-hybridized carbons (Fsp3) is 0.562. The second-order valence-corrected chi connectivity index (χ2v) is 5.41. The number of carbonyl (C=O) groups excluding carboxylic acids is 1. The van der Waals surface area contributed by atoms with Gasteiger partial charge >= 0.3 is 6.03 Å². The lowest BCUT2D eigenvalue weighted by Crippen LogP contribution is -2.45. The van der Waals surface area contributed by atoms with E-state index in [9.17, 15) is 4.79 Å². The van der Waals surface area contributed by atoms with Crippen LogP contribution in [0.3, 0.4) is 0 Å². The number of likely N-dealkylation sites (tertiary alicyclic amines) is 1. The van der Waals surface area contributed by atoms with Crippen molar-refractivity contribution in [3.8, 4) is 5.75 Å². The number of carbonyl (C=O) groups is 1. The molecule has 0 atom stereocenters. The lowest BCUT2D eigenvalue weighted by Gasteiger charge is -2.31. The molecule has 5 heteroatoms. The molecule has 1 aromatic carbocycles. The van der Waals surface area contributed by atoms with Gasteiger partial charge in [-0.05, 0) is 36.8 Å². The maximum absolute atomic E-state index is 12.1. The van der Waals surface area contributed by atoms with Crippen molar-refractivity contribution in [1.29, 1.82) is 0 Å². The molecule has 0 aromatic heterocycles. The van der Waals surface area contributed by atoms with Crippen molar-refractivity contribution in [3.05, 3.63) is 29.8 Å². The monoisotopic (exact) mass is 292 g/mol. The average molecular weight is 292 g/mol. The minimum atomic E-state index is -0.0127. The molecule has 1 aliphatic rings. The van der Waals surface area contributed by atoms with Crippen LogP contribution in [-0.2, 0) is 6.42 Å². The lowest BCUT2D eigenvalue weighted by atomic mass is 9.98. The van der Waals surface area contributed by atoms with Gasteiger partial charge in [0.15, 0.2) is 0 Å². The Bertz CT molecular complexity index is 457. The molecule has 0 bridgehead atoms. The van der Waals surface area contributed by atoms with Crippen LogP contribution in [0.4, 0.5) is 4.79 Å². The summed E-state index contributed by atoms with van der Waals surface area (Å²) in [6, 6.07) is 7.83. The zero-order valence-corrected chi connectivity index (χ0v) is 12.5. The van der Waals surface area contributed by atoms with Gasteiger partial charge < -0.3 is 20.1 Å². The Balaban J connectivity index is 1.74. The molecule has 2 rings (SSSR count). The predicted molar refractivity (Wildman–Crippen MR) is 81.5 cm³/mol. The van der Waals surface area contributed by atoms with E-state index >= 15 is 0 Å². The fourth-order valence-electron chi connectivity index (χ4n) is 2.64. The predicted octanol–water partition coefficient (Wildman–Crippen LogP) is 1.65. The van der Waals surface area contributed by atoms with Crippen molar-refractivity contribution in [2.45, 2.75) is 19.3 Å². The molecule has 1 fully saturated rings. The second-order valence-electron chi connectivity index (χ2n) is 5.41. The first-order valence-corrected chi connectivity index (χ1v) is 7.50. The van der Waals surface area contributed by atoms with Crippen molar-refractivity contribution in [1.82, 2.24) is 10.2 Å². The van der Waals surface area contributed by atoms with Crippen LogP contribution in [0.25, 0.3) is 0 Å². The zero-order chi connectivity index (χ0) is 15.1. The third kappa shape index (κ3) is 4.36. The van der Waals surface area contributed by atoms with Crippen molar-refractivity contribution in [2.24, 2.45) is 5.92 Å². The molecule has 0 aliphatic carbocycles. The molecule has 1 heterocycles. The van der Waals surface area contributed by atoms with Gasteiger partial charge in [0.2, 0.25) is 0 Å². The molecule has 2 N–H and O–H groups in total. The lowest BCUT2D eigenvalue weighted by molar-refractivity contribution is 0.137. The SMILES string of the molecule is COc1ccccc1CCNC(=O)N1CCC(CO)CC1. The Morgan fingerprint density at radius 1 is 1.38 bits per heavy atom. The summed E-state index contributed by atoms with van der Waals surface area (Å²) >= 11 is 0. The molecule has 1 saturated heterocycles. The third-order valence-corrected chi connectivity index (χ3v) is 4.02. The standard InChI is InChI=1S/C16H24N2O3/c1-21-15-5-3-2-4-14(15)6-9-17-16(20)18-10-7-13(12-19)8-11-18/h2-5,13,19H,6-12H2,1H3,(H,17,20). The third-order valence-electron chi connectivity index (χ3n) is 4.02. The van der Waals surface area contributed by atoms with Crippen LogP contribution in [0, 0.1) is 5.92 Å². The van der Waals surface area contributed by atoms with E-state index in [0.717, 1.165) is 43.7 Å². The summed E-state index contributed by atoms with van der Waals surface area (Å²) in [5.74, 6) is 1.21. The van der Waals surface area contributed by atoms with Crippen LogP contribution in [-0.4, -0.2) is 49.4 Å². The van der Waals surface area contributed by atoms with Crippen molar-refractivity contribution in [3.63, 3.8) is 0 Å². The van der Waals surface area contributed by atoms with Crippen LogP contribution in [0.1, 0.15) is 18.4 Å². The number of piperidine rings is 1. The Morgan fingerprint density at radius 2 is 2.10 bits per heavy atom. The Hall–Kier alpha value is -1.75. The highest BCUT2D eigenvalue weighted by atomic mass is 16.5. The van der Waals surface area contributed by atoms with Crippen molar-refractivity contribution < 1.29 is 14.6 Å². The molecule has 0 saturated carbocycles. The van der Waals surface area contributed by atoms with Crippen LogP contribution >= 0.6 is 0 Å². The van der Waals surface area contributed by atoms with Crippen LogP contribution < -0.4 is 10.1 Å². The minimum Gasteiger partial charge on any atom is -0.496 e. The van der Waals surface area contributed by atoms with E-state index in [0.29, 0.717) is 12.5 Å². The normalized spacial score (nSPS) is 15.8. The van der Waals surface area contributed by atoms with Crippen molar-refractivity contribution in [2.75, 3.05) is 33.4 Å². The van der Waals surface area contributed by atoms with E-state index in [1.807, 2.05) is 29.2 Å². The van der Waals surface area contributed by atoms with Gasteiger partial charge in [0.25, 0.3) is 0 Å². The highest BCUT2D eigenvalue weighted by Crippen LogP contribution is 2.18. The number of benzene rings is 1. The number of hydrogen-bond donors (Lipinski definition) is 2. The highest BCUT2D eigenvalue weighted by Gasteiger charge is 2.21. The van der Waals surface area contributed by atoms with E-state index in [2.05, 4.69) is 5.32 Å². The Morgan fingerprint density at radius 3 is 2.76 bits per heavy atom. The molecule has 116 valence electrons. The number of rotatable bonds is 5. The first-order valence-electron chi connectivity index (χ1n) is 7.50. The van der Waals surface area contributed by atoms with Gasteiger partial charge in [0, 0.05) is 26.2 Å². The number of ether oxygens (including phenoxy) is 1. The summed E-state index contributed by atoms with van der Waals surface area (Å²) in [5.41, 5.74) is 1.10. The van der Waals surface area contributed by atoms with Crippen LogP contribution in [0.5, 0.6) is 5.75 Å². The van der Waals surface area contributed by atoms with E-state index in [4.69, 9.17) is 9.84 Å². The molecule has 0 spiro atoms. The van der Waals surface area contributed by atoms with E-state index in [-0.39, 0.29) is 12.6 Å². The zero-order valence-electron chi connectivity index (χ0n) is 12.5. The fourth-order valence-corrected chi connectivity index (χ4v) is 2.64. The molecule has 1 aromatic rings. The maximum Gasteiger partial charge on any atom is 0.317 e. The smallest absolute Gasteiger partial charge is 0.317 e. The summed E-state index contributed by atoms with van der Waals surface area (Å²) in [4.78, 5) is 13.9. The Labute approximate surface area is 125 Å². The summed E-state index contributed by atoms with van der Waals surface area (Å²) in [6.45, 7) is 2.28. The number of nitrogens with zero attached hydrogens (tertiary/aromatic N) is 1. The molecule has 2 amide bonds. The van der Waals surface area contributed by atoms with Gasteiger partial charge in [-0.2, -0.15) is 0 Å².